The Morgan fingerprint density at radius 1 is 1.33 bits per heavy atom. The van der Waals surface area contributed by atoms with E-state index in [0.717, 1.165) is 18.4 Å². The maximum Gasteiger partial charge on any atom is 0.248 e. The van der Waals surface area contributed by atoms with Crippen LogP contribution in [0.2, 0.25) is 0 Å². The summed E-state index contributed by atoms with van der Waals surface area (Å²) < 4.78 is 5.10. The van der Waals surface area contributed by atoms with Crippen molar-refractivity contribution in [2.75, 3.05) is 6.54 Å². The molecule has 24 heavy (non-hydrogen) atoms. The van der Waals surface area contributed by atoms with Crippen LogP contribution in [0.1, 0.15) is 70.5 Å². The lowest BCUT2D eigenvalue weighted by molar-refractivity contribution is 0.322. The van der Waals surface area contributed by atoms with Crippen LogP contribution in [0, 0.1) is 12.8 Å². The van der Waals surface area contributed by atoms with E-state index in [1.165, 1.54) is 44.9 Å². The fraction of sp³-hybridized carbons (Fsp3) is 0.824. The van der Waals surface area contributed by atoms with E-state index in [1.54, 1.807) is 0 Å². The first-order valence-electron chi connectivity index (χ1n) is 9.01. The summed E-state index contributed by atoms with van der Waals surface area (Å²) in [7, 11) is 0. The third-order valence-electron chi connectivity index (χ3n) is 4.40. The Bertz CT molecular complexity index is 485. The third kappa shape index (κ3) is 7.81. The molecular formula is C17H32IN5O. The van der Waals surface area contributed by atoms with Gasteiger partial charge in [-0.25, -0.2) is 4.99 Å². The largest absolute Gasteiger partial charge is 0.357 e. The molecule has 1 unspecified atom stereocenters. The Labute approximate surface area is 162 Å². The average molecular weight is 449 g/mol. The number of nitrogens with zero attached hydrogens (tertiary/aromatic N) is 3. The highest BCUT2D eigenvalue weighted by atomic mass is 127. The van der Waals surface area contributed by atoms with Crippen LogP contribution < -0.4 is 10.6 Å². The number of rotatable bonds is 7. The highest BCUT2D eigenvalue weighted by molar-refractivity contribution is 14.0. The summed E-state index contributed by atoms with van der Waals surface area (Å²) in [6.45, 7) is 7.36. The van der Waals surface area contributed by atoms with Crippen LogP contribution in [0.15, 0.2) is 9.52 Å². The van der Waals surface area contributed by atoms with E-state index in [2.05, 4.69) is 39.6 Å². The molecule has 1 heterocycles. The number of guanidine groups is 1. The molecule has 0 radical (unpaired) electrons. The first-order valence-corrected chi connectivity index (χ1v) is 9.01. The first-order chi connectivity index (χ1) is 11.2. The number of nitrogens with one attached hydrogen (secondary N) is 2. The fourth-order valence-electron chi connectivity index (χ4n) is 3.14. The lowest BCUT2D eigenvalue weighted by atomic mass is 9.85. The molecule has 2 N–H and O–H groups in total. The molecule has 1 atom stereocenters. The molecule has 0 amide bonds. The van der Waals surface area contributed by atoms with Crippen molar-refractivity contribution in [3.8, 4) is 0 Å². The smallest absolute Gasteiger partial charge is 0.248 e. The van der Waals surface area contributed by atoms with E-state index in [9.17, 15) is 0 Å². The summed E-state index contributed by atoms with van der Waals surface area (Å²) in [6.07, 6.45) is 9.59. The molecule has 1 aromatic rings. The van der Waals surface area contributed by atoms with E-state index in [1.807, 2.05) is 6.92 Å². The lowest BCUT2D eigenvalue weighted by Gasteiger charge is -2.24. The molecule has 1 aliphatic carbocycles. The van der Waals surface area contributed by atoms with Gasteiger partial charge in [0.2, 0.25) is 5.89 Å². The van der Waals surface area contributed by atoms with Crippen molar-refractivity contribution in [1.29, 1.82) is 0 Å². The molecule has 2 rings (SSSR count). The zero-order chi connectivity index (χ0) is 16.5. The van der Waals surface area contributed by atoms with Gasteiger partial charge in [-0.15, -0.1) is 24.0 Å². The minimum atomic E-state index is 0. The summed E-state index contributed by atoms with van der Waals surface area (Å²) in [5.74, 6) is 2.94. The number of hydrogen-bond acceptors (Lipinski definition) is 4. The van der Waals surface area contributed by atoms with Crippen molar-refractivity contribution >= 4 is 29.9 Å². The summed E-state index contributed by atoms with van der Waals surface area (Å²) in [5.41, 5.74) is 0. The van der Waals surface area contributed by atoms with Gasteiger partial charge in [-0.3, -0.25) is 0 Å². The van der Waals surface area contributed by atoms with Crippen LogP contribution in [0.5, 0.6) is 0 Å². The molecule has 1 fully saturated rings. The number of halogens is 1. The van der Waals surface area contributed by atoms with Gasteiger partial charge in [-0.05, 0) is 39.5 Å². The molecule has 1 saturated carbocycles. The van der Waals surface area contributed by atoms with Crippen LogP contribution in [0.3, 0.4) is 0 Å². The number of aliphatic imine (C=N–C) groups is 1. The first kappa shape index (κ1) is 21.2. The van der Waals surface area contributed by atoms with Crippen molar-refractivity contribution in [2.24, 2.45) is 10.9 Å². The molecule has 6 nitrogen and oxygen atoms in total. The fourth-order valence-corrected chi connectivity index (χ4v) is 3.14. The topological polar surface area (TPSA) is 75.3 Å². The monoisotopic (exact) mass is 449 g/mol. The van der Waals surface area contributed by atoms with Gasteiger partial charge in [-0.1, -0.05) is 37.3 Å². The van der Waals surface area contributed by atoms with Gasteiger partial charge < -0.3 is 15.2 Å². The predicted octanol–water partition coefficient (Wildman–Crippen LogP) is 3.80. The molecular weight excluding hydrogens is 417 g/mol. The summed E-state index contributed by atoms with van der Waals surface area (Å²) in [5, 5.41) is 10.5. The summed E-state index contributed by atoms with van der Waals surface area (Å²) >= 11 is 0. The van der Waals surface area contributed by atoms with E-state index in [-0.39, 0.29) is 24.0 Å². The van der Waals surface area contributed by atoms with Gasteiger partial charge in [-0.2, -0.15) is 4.98 Å². The van der Waals surface area contributed by atoms with E-state index >= 15 is 0 Å². The third-order valence-corrected chi connectivity index (χ3v) is 4.40. The van der Waals surface area contributed by atoms with Crippen LogP contribution in [0.4, 0.5) is 0 Å². The molecule has 138 valence electrons. The Kier molecular flexibility index (Phi) is 10.3. The molecule has 0 aliphatic heterocycles. The van der Waals surface area contributed by atoms with Gasteiger partial charge in [0.25, 0.3) is 0 Å². The Balaban J connectivity index is 0.00000288. The van der Waals surface area contributed by atoms with Gasteiger partial charge in [0.15, 0.2) is 11.8 Å². The zero-order valence-electron chi connectivity index (χ0n) is 15.2. The van der Waals surface area contributed by atoms with Crippen molar-refractivity contribution in [3.05, 3.63) is 11.7 Å². The maximum absolute atomic E-state index is 5.10. The second kappa shape index (κ2) is 11.7. The Morgan fingerprint density at radius 3 is 2.71 bits per heavy atom. The van der Waals surface area contributed by atoms with Gasteiger partial charge in [0.05, 0.1) is 0 Å². The molecule has 0 bridgehead atoms. The van der Waals surface area contributed by atoms with Gasteiger partial charge in [0, 0.05) is 12.6 Å². The summed E-state index contributed by atoms with van der Waals surface area (Å²) in [6, 6.07) is 0.416. The van der Waals surface area contributed by atoms with Crippen LogP contribution in [-0.4, -0.2) is 28.7 Å². The van der Waals surface area contributed by atoms with E-state index in [0.29, 0.717) is 24.3 Å². The Morgan fingerprint density at radius 2 is 2.08 bits per heavy atom. The van der Waals surface area contributed by atoms with Crippen molar-refractivity contribution < 1.29 is 4.52 Å². The highest BCUT2D eigenvalue weighted by Gasteiger charge is 2.15. The second-order valence-corrected chi connectivity index (χ2v) is 6.56. The zero-order valence-corrected chi connectivity index (χ0v) is 17.5. The maximum atomic E-state index is 5.10. The summed E-state index contributed by atoms with van der Waals surface area (Å²) in [4.78, 5) is 8.71. The van der Waals surface area contributed by atoms with Crippen LogP contribution in [-0.2, 0) is 6.54 Å². The lowest BCUT2D eigenvalue weighted by Crippen LogP contribution is -2.42. The number of hydrogen-bond donors (Lipinski definition) is 2. The minimum absolute atomic E-state index is 0. The number of aromatic nitrogens is 2. The number of aryl methyl sites for hydroxylation is 1. The van der Waals surface area contributed by atoms with Crippen LogP contribution >= 0.6 is 24.0 Å². The molecule has 7 heteroatoms. The highest BCUT2D eigenvalue weighted by Crippen LogP contribution is 2.27. The van der Waals surface area contributed by atoms with Gasteiger partial charge in [0.1, 0.15) is 6.54 Å². The molecule has 1 aliphatic rings. The SMILES string of the molecule is CCNC(=NCc1nc(C)no1)NC(C)CCC1CCCCC1.I. The van der Waals surface area contributed by atoms with E-state index in [4.69, 9.17) is 4.52 Å². The van der Waals surface area contributed by atoms with Crippen molar-refractivity contribution in [2.45, 2.75) is 78.3 Å². The van der Waals surface area contributed by atoms with Gasteiger partial charge >= 0.3 is 0 Å². The second-order valence-electron chi connectivity index (χ2n) is 6.56. The quantitative estimate of drug-likeness (QED) is 0.376. The predicted molar refractivity (Wildman–Crippen MR) is 108 cm³/mol. The van der Waals surface area contributed by atoms with Crippen molar-refractivity contribution in [1.82, 2.24) is 20.8 Å². The van der Waals surface area contributed by atoms with Crippen molar-refractivity contribution in [3.63, 3.8) is 0 Å². The van der Waals surface area contributed by atoms with Crippen LogP contribution in [0.25, 0.3) is 0 Å². The molecule has 0 saturated heterocycles. The normalized spacial score (nSPS) is 17.2. The standard InChI is InChI=1S/C17H31N5O.HI/c1-4-18-17(19-12-16-21-14(3)22-23-16)20-13(2)10-11-15-8-6-5-7-9-15;/h13,15H,4-12H2,1-3H3,(H2,18,19,20);1H. The molecule has 0 spiro atoms. The Hall–Kier alpha value is -0.860. The van der Waals surface area contributed by atoms with E-state index < -0.39 is 0 Å². The minimum Gasteiger partial charge on any atom is -0.357 e. The average Bonchev–Trinajstić information content (AvgIpc) is 2.97. The molecule has 1 aromatic heterocycles. The molecule has 0 aromatic carbocycles.